The number of benzene rings is 4. The molecule has 0 spiro atoms. The molecule has 0 aliphatic heterocycles. The molecule has 4 aromatic rings. The lowest BCUT2D eigenvalue weighted by atomic mass is 9.57. The normalized spacial score (nSPS) is 16.2. The zero-order valence-corrected chi connectivity index (χ0v) is 50.4. The zero-order valence-electron chi connectivity index (χ0n) is 48.6. The summed E-state index contributed by atoms with van der Waals surface area (Å²) in [6, 6.07) is 25.0. The Labute approximate surface area is 438 Å². The number of aliphatic hydroxyl groups is 4. The summed E-state index contributed by atoms with van der Waals surface area (Å²) in [5.74, 6) is 0. The molecule has 404 valence electrons. The summed E-state index contributed by atoms with van der Waals surface area (Å²) >= 11 is 0. The topological polar surface area (TPSA) is 171 Å². The summed E-state index contributed by atoms with van der Waals surface area (Å²) in [4.78, 5) is 31.3. The van der Waals surface area contributed by atoms with Gasteiger partial charge >= 0.3 is 17.2 Å². The summed E-state index contributed by atoms with van der Waals surface area (Å²) in [5.41, 5.74) is 5.55. The molecule has 0 saturated heterocycles. The molecule has 0 amide bonds. The summed E-state index contributed by atoms with van der Waals surface area (Å²) in [6.07, 6.45) is -6.37. The molecular weight excluding hydrogens is 939 g/mol. The Hall–Kier alpha value is -2.62. The standard InChI is InChI=1S/C61H92O4.H4O5P2/c1-53(2,3)37-25-29-41(45(33-37)57(13,14)15)49(62)61(50(63)42-30-26-38(54(4,5)6)34-46(42)58(16,17)18,51(64)43-31-27-39(55(7,8)9)35-47(43)59(19,20)21)52(65)44-32-28-40(56(10,11)12)36-48(44)60(22,23)24;1-6(2)5-7(3)4/h25-36,49-52,62-65H,1-24H3;1-4H. The average Bonchev–Trinajstić information content (AvgIpc) is 3.19. The minimum absolute atomic E-state index is 0.192. The number of hydrogen-bond acceptors (Lipinski definition) is 9. The van der Waals surface area contributed by atoms with Crippen molar-refractivity contribution in [2.75, 3.05) is 0 Å². The van der Waals surface area contributed by atoms with E-state index in [1.807, 2.05) is 24.3 Å². The number of aliphatic hydroxyl groups excluding tert-OH is 4. The molecular formula is C61H96O9P2. The van der Waals surface area contributed by atoms with Crippen molar-refractivity contribution in [1.82, 2.24) is 0 Å². The van der Waals surface area contributed by atoms with Crippen LogP contribution in [0.5, 0.6) is 0 Å². The van der Waals surface area contributed by atoms with Crippen LogP contribution in [0.25, 0.3) is 0 Å². The van der Waals surface area contributed by atoms with Crippen LogP contribution in [0.2, 0.25) is 0 Å². The Morgan fingerprint density at radius 3 is 0.569 bits per heavy atom. The Kier molecular flexibility index (Phi) is 19.6. The van der Waals surface area contributed by atoms with E-state index in [0.29, 0.717) is 22.3 Å². The lowest BCUT2D eigenvalue weighted by Crippen LogP contribution is -2.48. The smallest absolute Gasteiger partial charge is 0.334 e. The van der Waals surface area contributed by atoms with Crippen LogP contribution in [0.4, 0.5) is 0 Å². The third-order valence-electron chi connectivity index (χ3n) is 14.1. The Bertz CT molecular complexity index is 2120. The van der Waals surface area contributed by atoms with Crippen LogP contribution < -0.4 is 0 Å². The largest absolute Gasteiger partial charge is 0.387 e. The number of hydrogen-bond donors (Lipinski definition) is 8. The molecule has 0 bridgehead atoms. The van der Waals surface area contributed by atoms with Crippen molar-refractivity contribution >= 4 is 17.2 Å². The minimum Gasteiger partial charge on any atom is -0.387 e. The third kappa shape index (κ3) is 14.9. The van der Waals surface area contributed by atoms with Gasteiger partial charge < -0.3 is 40.0 Å². The van der Waals surface area contributed by atoms with Crippen molar-refractivity contribution < 1.29 is 44.3 Å². The third-order valence-corrected chi connectivity index (χ3v) is 15.3. The van der Waals surface area contributed by atoms with Crippen molar-refractivity contribution in [2.24, 2.45) is 5.41 Å². The van der Waals surface area contributed by atoms with E-state index >= 15 is 0 Å². The van der Waals surface area contributed by atoms with Gasteiger partial charge in [0.15, 0.2) is 0 Å². The van der Waals surface area contributed by atoms with Crippen LogP contribution in [0.3, 0.4) is 0 Å². The summed E-state index contributed by atoms with van der Waals surface area (Å²) in [7, 11) is -5.22. The van der Waals surface area contributed by atoms with Crippen LogP contribution in [0, 0.1) is 5.41 Å². The molecule has 11 heteroatoms. The fourth-order valence-electron chi connectivity index (χ4n) is 9.68. The van der Waals surface area contributed by atoms with Crippen LogP contribution in [0.1, 0.15) is 257 Å². The highest BCUT2D eigenvalue weighted by molar-refractivity contribution is 7.53. The quantitative estimate of drug-likeness (QED) is 0.0720. The van der Waals surface area contributed by atoms with E-state index in [4.69, 9.17) is 19.6 Å². The molecule has 4 atom stereocenters. The second-order valence-corrected chi connectivity index (χ2v) is 30.1. The van der Waals surface area contributed by atoms with Crippen LogP contribution in [-0.4, -0.2) is 40.0 Å². The minimum atomic E-state index is -2.61. The summed E-state index contributed by atoms with van der Waals surface area (Å²) in [6.45, 7) is 52.0. The van der Waals surface area contributed by atoms with E-state index in [1.165, 1.54) is 0 Å². The van der Waals surface area contributed by atoms with Gasteiger partial charge in [0.2, 0.25) is 0 Å². The van der Waals surface area contributed by atoms with Gasteiger partial charge in [0.05, 0.1) is 29.8 Å². The highest BCUT2D eigenvalue weighted by Gasteiger charge is 2.60. The van der Waals surface area contributed by atoms with Gasteiger partial charge in [-0.25, -0.2) is 4.31 Å². The van der Waals surface area contributed by atoms with Gasteiger partial charge in [-0.05, 0) is 110 Å². The van der Waals surface area contributed by atoms with E-state index in [-0.39, 0.29) is 21.7 Å². The molecule has 4 aromatic carbocycles. The van der Waals surface area contributed by atoms with Crippen molar-refractivity contribution in [2.45, 2.75) is 234 Å². The zero-order chi connectivity index (χ0) is 56.1. The molecule has 8 N–H and O–H groups in total. The van der Waals surface area contributed by atoms with Gasteiger partial charge in [0.25, 0.3) is 0 Å². The second-order valence-electron chi connectivity index (χ2n) is 28.4. The molecule has 9 nitrogen and oxygen atoms in total. The van der Waals surface area contributed by atoms with Gasteiger partial charge in [-0.15, -0.1) is 0 Å². The van der Waals surface area contributed by atoms with Crippen molar-refractivity contribution in [1.29, 1.82) is 0 Å². The Morgan fingerprint density at radius 1 is 0.292 bits per heavy atom. The summed E-state index contributed by atoms with van der Waals surface area (Å²) < 4.78 is 3.60. The van der Waals surface area contributed by atoms with Gasteiger partial charge in [0.1, 0.15) is 0 Å². The molecule has 4 rings (SSSR count). The van der Waals surface area contributed by atoms with Crippen molar-refractivity contribution in [3.8, 4) is 0 Å². The van der Waals surface area contributed by atoms with Gasteiger partial charge in [-0.2, -0.15) is 0 Å². The maximum atomic E-state index is 14.1. The number of rotatable bonds is 10. The lowest BCUT2D eigenvalue weighted by Gasteiger charge is -2.51. The molecule has 0 aromatic heterocycles. The van der Waals surface area contributed by atoms with Crippen molar-refractivity contribution in [3.05, 3.63) is 140 Å². The first kappa shape index (κ1) is 63.7. The fraction of sp³-hybridized carbons (Fsp3) is 0.607. The SMILES string of the molecule is CC(C)(C)c1ccc(C(O)C(C(O)c2ccc(C(C)(C)C)cc2C(C)(C)C)(C(O)c2ccc(C(C)(C)C)cc2C(C)(C)C)C(O)c2ccc(C(C)(C)C)cc2C(C)(C)C)c(C(C)(C)C)c1.OP(O)OP(O)O. The Morgan fingerprint density at radius 2 is 0.458 bits per heavy atom. The van der Waals surface area contributed by atoms with Crippen LogP contribution in [0.15, 0.2) is 72.8 Å². The first-order chi connectivity index (χ1) is 32.1. The van der Waals surface area contributed by atoms with Gasteiger partial charge in [0, 0.05) is 0 Å². The predicted octanol–water partition coefficient (Wildman–Crippen LogP) is 14.7. The Balaban J connectivity index is 0.00000181. The first-order valence-corrected chi connectivity index (χ1v) is 27.8. The second kappa shape index (κ2) is 22.2. The first-order valence-electron chi connectivity index (χ1n) is 25.5. The predicted molar refractivity (Wildman–Crippen MR) is 301 cm³/mol. The lowest BCUT2D eigenvalue weighted by molar-refractivity contribution is -0.206. The summed E-state index contributed by atoms with van der Waals surface area (Å²) in [5, 5.41) is 56.5. The molecule has 0 heterocycles. The molecule has 0 radical (unpaired) electrons. The van der Waals surface area contributed by atoms with Gasteiger partial charge in [-0.1, -0.05) is 239 Å². The van der Waals surface area contributed by atoms with E-state index in [1.54, 1.807) is 0 Å². The molecule has 0 fully saturated rings. The van der Waals surface area contributed by atoms with Gasteiger partial charge in [-0.3, -0.25) is 0 Å². The molecule has 0 aliphatic rings. The van der Waals surface area contributed by atoms with E-state index in [9.17, 15) is 20.4 Å². The van der Waals surface area contributed by atoms with Crippen molar-refractivity contribution in [3.63, 3.8) is 0 Å². The molecule has 0 saturated carbocycles. The highest BCUT2D eigenvalue weighted by Crippen LogP contribution is 2.63. The average molecular weight is 1040 g/mol. The maximum absolute atomic E-state index is 14.1. The maximum Gasteiger partial charge on any atom is 0.334 e. The molecule has 4 unspecified atom stereocenters. The van der Waals surface area contributed by atoms with Crippen LogP contribution >= 0.6 is 17.2 Å². The van der Waals surface area contributed by atoms with E-state index in [2.05, 4.69) is 219 Å². The van der Waals surface area contributed by atoms with Crippen LogP contribution in [-0.2, 0) is 47.6 Å². The molecule has 0 aliphatic carbocycles. The highest BCUT2D eigenvalue weighted by atomic mass is 31.2. The fourth-order valence-corrected chi connectivity index (χ4v) is 10.2. The van der Waals surface area contributed by atoms with E-state index < -0.39 is 68.7 Å². The van der Waals surface area contributed by atoms with E-state index in [0.717, 1.165) is 44.5 Å². The molecule has 72 heavy (non-hydrogen) atoms. The monoisotopic (exact) mass is 1030 g/mol.